The number of halogens is 1. The summed E-state index contributed by atoms with van der Waals surface area (Å²) in [5.74, 6) is 1.47. The number of rotatable bonds is 9. The van der Waals surface area contributed by atoms with Crippen molar-refractivity contribution < 1.29 is 23.7 Å². The highest BCUT2D eigenvalue weighted by molar-refractivity contribution is 9.10. The average Bonchev–Trinajstić information content (AvgIpc) is 3.06. The van der Waals surface area contributed by atoms with Gasteiger partial charge in [-0.1, -0.05) is 28.6 Å². The molecule has 10 heteroatoms. The van der Waals surface area contributed by atoms with E-state index in [0.717, 1.165) is 12.8 Å². The van der Waals surface area contributed by atoms with Crippen LogP contribution in [0.25, 0.3) is 5.65 Å². The van der Waals surface area contributed by atoms with E-state index < -0.39 is 0 Å². The molecule has 0 aliphatic carbocycles. The number of ether oxygens (including phenoxy) is 3. The Hall–Kier alpha value is -2.88. The number of aromatic nitrogens is 4. The van der Waals surface area contributed by atoms with Gasteiger partial charge in [-0.2, -0.15) is 0 Å². The number of nitrogens with two attached hydrogens (primary N) is 1. The fourth-order valence-electron chi connectivity index (χ4n) is 3.04. The monoisotopic (exact) mass is 478 g/mol. The zero-order valence-corrected chi connectivity index (χ0v) is 19.0. The van der Waals surface area contributed by atoms with E-state index in [4.69, 9.17) is 19.9 Å². The van der Waals surface area contributed by atoms with Crippen molar-refractivity contribution >= 4 is 33.3 Å². The Balaban J connectivity index is 1.88. The highest BCUT2D eigenvalue weighted by Gasteiger charge is 2.23. The number of hydrogen-bond acceptors (Lipinski definition) is 7. The predicted molar refractivity (Wildman–Crippen MR) is 114 cm³/mol. The van der Waals surface area contributed by atoms with E-state index >= 15 is 0 Å². The van der Waals surface area contributed by atoms with E-state index in [0.29, 0.717) is 33.1 Å². The minimum Gasteiger partial charge on any atom is -0.493 e. The first kappa shape index (κ1) is 21.8. The lowest BCUT2D eigenvalue weighted by molar-refractivity contribution is -0.723. The first-order chi connectivity index (χ1) is 14.4. The van der Waals surface area contributed by atoms with Gasteiger partial charge in [0.2, 0.25) is 5.88 Å². The standard InChI is InChI=1S/C20H24BrN5O4/c1-5-13(6-2)30-18-8-7-17-23-25(20(22)26(17)24-18)11-15(27)12-9-14(21)19(29-4)16(10-12)28-3/h7-10,13,22H,5-6,11H2,1-4H3/p+1. The number of nitrogen functional groups attached to an aromatic ring is 1. The van der Waals surface area contributed by atoms with Crippen molar-refractivity contribution in [2.45, 2.75) is 39.3 Å². The molecule has 30 heavy (non-hydrogen) atoms. The second-order valence-electron chi connectivity index (χ2n) is 6.63. The third kappa shape index (κ3) is 4.33. The summed E-state index contributed by atoms with van der Waals surface area (Å²) in [5, 5.41) is 8.79. The molecule has 0 bridgehead atoms. The van der Waals surface area contributed by atoms with Crippen LogP contribution in [0.2, 0.25) is 0 Å². The van der Waals surface area contributed by atoms with Gasteiger partial charge in [0.15, 0.2) is 23.8 Å². The number of carbonyl (C=O) groups excluding carboxylic acids is 1. The van der Waals surface area contributed by atoms with Gasteiger partial charge in [-0.15, -0.1) is 4.68 Å². The Kier molecular flexibility index (Phi) is 6.76. The summed E-state index contributed by atoms with van der Waals surface area (Å²) in [6.45, 7) is 4.06. The van der Waals surface area contributed by atoms with E-state index in [-0.39, 0.29) is 24.4 Å². The molecule has 1 aromatic carbocycles. The molecule has 0 radical (unpaired) electrons. The van der Waals surface area contributed by atoms with Crippen molar-refractivity contribution in [3.63, 3.8) is 0 Å². The Morgan fingerprint density at radius 1 is 1.23 bits per heavy atom. The molecule has 0 unspecified atom stereocenters. The number of nitrogens with zero attached hydrogens (tertiary/aromatic N) is 4. The van der Waals surface area contributed by atoms with Crippen LogP contribution in [0, 0.1) is 0 Å². The van der Waals surface area contributed by atoms with Gasteiger partial charge in [0.05, 0.1) is 18.7 Å². The van der Waals surface area contributed by atoms with Crippen LogP contribution in [-0.2, 0) is 6.54 Å². The van der Waals surface area contributed by atoms with E-state index in [1.165, 1.54) is 23.4 Å². The first-order valence-corrected chi connectivity index (χ1v) is 10.4. The van der Waals surface area contributed by atoms with Crippen LogP contribution in [0.4, 0.5) is 5.95 Å². The van der Waals surface area contributed by atoms with E-state index in [2.05, 4.69) is 40.0 Å². The lowest BCUT2D eigenvalue weighted by atomic mass is 10.1. The summed E-state index contributed by atoms with van der Waals surface area (Å²) in [7, 11) is 3.05. The quantitative estimate of drug-likeness (QED) is 0.372. The molecule has 2 heterocycles. The molecule has 0 fully saturated rings. The van der Waals surface area contributed by atoms with Crippen LogP contribution >= 0.6 is 15.9 Å². The van der Waals surface area contributed by atoms with E-state index in [1.54, 1.807) is 24.3 Å². The highest BCUT2D eigenvalue weighted by Crippen LogP contribution is 2.36. The topological polar surface area (TPSA) is 105 Å². The maximum absolute atomic E-state index is 12.9. The van der Waals surface area contributed by atoms with Gasteiger partial charge in [-0.25, -0.2) is 0 Å². The molecule has 0 aliphatic rings. The van der Waals surface area contributed by atoms with Crippen LogP contribution in [0.3, 0.4) is 0 Å². The number of carbonyl (C=O) groups is 1. The van der Waals surface area contributed by atoms with Crippen LogP contribution in [0.15, 0.2) is 28.7 Å². The molecule has 0 aliphatic heterocycles. The summed E-state index contributed by atoms with van der Waals surface area (Å²) in [4.78, 5) is 12.9. The zero-order chi connectivity index (χ0) is 21.8. The molecule has 3 rings (SSSR count). The molecular weight excluding hydrogens is 454 g/mol. The molecule has 0 spiro atoms. The Morgan fingerprint density at radius 3 is 2.60 bits per heavy atom. The van der Waals surface area contributed by atoms with Crippen LogP contribution in [0.1, 0.15) is 37.0 Å². The lowest BCUT2D eigenvalue weighted by Gasteiger charge is -2.13. The maximum Gasteiger partial charge on any atom is 0.401 e. The Morgan fingerprint density at radius 2 is 1.97 bits per heavy atom. The molecule has 0 atom stereocenters. The number of ketones is 1. The molecule has 0 saturated carbocycles. The molecule has 0 saturated heterocycles. The normalized spacial score (nSPS) is 11.1. The number of methoxy groups -OCH3 is 2. The minimum absolute atomic E-state index is 0.0557. The summed E-state index contributed by atoms with van der Waals surface area (Å²) < 4.78 is 20.0. The van der Waals surface area contributed by atoms with E-state index in [9.17, 15) is 4.79 Å². The number of fused-ring (bicyclic) bond motifs is 1. The third-order valence-corrected chi connectivity index (χ3v) is 5.33. The van der Waals surface area contributed by atoms with Crippen molar-refractivity contribution in [3.05, 3.63) is 34.3 Å². The molecule has 2 N–H and O–H groups in total. The van der Waals surface area contributed by atoms with Crippen molar-refractivity contribution in [1.82, 2.24) is 14.7 Å². The van der Waals surface area contributed by atoms with Gasteiger partial charge < -0.3 is 14.2 Å². The minimum atomic E-state index is -0.190. The average molecular weight is 479 g/mol. The van der Waals surface area contributed by atoms with Crippen molar-refractivity contribution in [2.75, 3.05) is 20.0 Å². The zero-order valence-electron chi connectivity index (χ0n) is 17.4. The van der Waals surface area contributed by atoms with Crippen LogP contribution in [-0.4, -0.2) is 40.8 Å². The lowest BCUT2D eigenvalue weighted by Crippen LogP contribution is -2.42. The molecule has 160 valence electrons. The van der Waals surface area contributed by atoms with Crippen molar-refractivity contribution in [1.29, 1.82) is 0 Å². The fourth-order valence-corrected chi connectivity index (χ4v) is 3.64. The molecule has 2 aromatic heterocycles. The second kappa shape index (κ2) is 9.29. The second-order valence-corrected chi connectivity index (χ2v) is 7.48. The van der Waals surface area contributed by atoms with Gasteiger partial charge in [0, 0.05) is 17.7 Å². The fraction of sp³-hybridized carbons (Fsp3) is 0.400. The molecular formula is C20H25BrN5O4+. The summed E-state index contributed by atoms with van der Waals surface area (Å²) >= 11 is 3.40. The number of anilines is 1. The molecule has 9 nitrogen and oxygen atoms in total. The van der Waals surface area contributed by atoms with Gasteiger partial charge in [0.25, 0.3) is 5.65 Å². The van der Waals surface area contributed by atoms with Gasteiger partial charge in [0.1, 0.15) is 6.10 Å². The molecule has 0 amide bonds. The van der Waals surface area contributed by atoms with Crippen molar-refractivity contribution in [3.8, 4) is 17.4 Å². The van der Waals surface area contributed by atoms with E-state index in [1.807, 2.05) is 0 Å². The Bertz CT molecular complexity index is 1070. The summed E-state index contributed by atoms with van der Waals surface area (Å²) in [5.41, 5.74) is 7.16. The number of hydrogen-bond donors (Lipinski definition) is 1. The SMILES string of the molecule is CCC(CC)Oc1ccc2n[n+](CC(=O)c3cc(Br)c(OC)c(OC)c3)c(N)n2n1. The van der Waals surface area contributed by atoms with Gasteiger partial charge in [-0.3, -0.25) is 10.5 Å². The molecule has 3 aromatic rings. The number of Topliss-reactive ketones (excluding diaryl/α,β-unsaturated/α-hetero) is 1. The first-order valence-electron chi connectivity index (χ1n) is 9.58. The largest absolute Gasteiger partial charge is 0.493 e. The number of benzene rings is 1. The van der Waals surface area contributed by atoms with Gasteiger partial charge >= 0.3 is 5.95 Å². The van der Waals surface area contributed by atoms with Crippen LogP contribution < -0.4 is 24.6 Å². The van der Waals surface area contributed by atoms with Crippen molar-refractivity contribution in [2.24, 2.45) is 0 Å². The summed E-state index contributed by atoms with van der Waals surface area (Å²) in [6.07, 6.45) is 1.84. The maximum atomic E-state index is 12.9. The Labute approximate surface area is 182 Å². The highest BCUT2D eigenvalue weighted by atomic mass is 79.9. The van der Waals surface area contributed by atoms with Gasteiger partial charge in [-0.05, 0) is 40.9 Å². The van der Waals surface area contributed by atoms with Crippen LogP contribution in [0.5, 0.6) is 17.4 Å². The smallest absolute Gasteiger partial charge is 0.401 e. The summed E-state index contributed by atoms with van der Waals surface area (Å²) in [6, 6.07) is 6.81. The third-order valence-electron chi connectivity index (χ3n) is 4.74. The predicted octanol–water partition coefficient (Wildman–Crippen LogP) is 2.83.